The SMILES string of the molecule is CC(C)(C)c1cc([O-])c([O-])c(C(C)(C)C)c1.[Pt+2].c1ccc(-c2ccccn2)nc1. The molecule has 156 valence electrons. The van der Waals surface area contributed by atoms with Crippen LogP contribution in [-0.2, 0) is 31.9 Å². The fourth-order valence-electron chi connectivity index (χ4n) is 2.62. The van der Waals surface area contributed by atoms with Crippen molar-refractivity contribution in [3.05, 3.63) is 72.1 Å². The van der Waals surface area contributed by atoms with Gasteiger partial charge >= 0.3 is 21.1 Å². The Labute approximate surface area is 188 Å². The van der Waals surface area contributed by atoms with Gasteiger partial charge in [-0.25, -0.2) is 0 Å². The van der Waals surface area contributed by atoms with Gasteiger partial charge < -0.3 is 10.2 Å². The summed E-state index contributed by atoms with van der Waals surface area (Å²) in [5.74, 6) is -0.752. The molecular formula is C24H28N2O2Pt. The van der Waals surface area contributed by atoms with Crippen molar-refractivity contribution < 1.29 is 31.3 Å². The summed E-state index contributed by atoms with van der Waals surface area (Å²) >= 11 is 0. The van der Waals surface area contributed by atoms with Crippen LogP contribution < -0.4 is 10.2 Å². The van der Waals surface area contributed by atoms with Crippen LogP contribution in [0.1, 0.15) is 52.7 Å². The molecule has 0 aliphatic rings. The molecule has 29 heavy (non-hydrogen) atoms. The van der Waals surface area contributed by atoms with Gasteiger partial charge in [-0.3, -0.25) is 9.97 Å². The maximum Gasteiger partial charge on any atom is 2.00 e. The van der Waals surface area contributed by atoms with Crippen molar-refractivity contribution in [3.63, 3.8) is 0 Å². The first-order valence-electron chi connectivity index (χ1n) is 9.35. The molecule has 0 atom stereocenters. The molecule has 2 heterocycles. The zero-order valence-corrected chi connectivity index (χ0v) is 20.1. The van der Waals surface area contributed by atoms with Crippen molar-refractivity contribution in [2.24, 2.45) is 0 Å². The Bertz CT molecular complexity index is 862. The third-order valence-corrected chi connectivity index (χ3v) is 4.32. The summed E-state index contributed by atoms with van der Waals surface area (Å²) in [7, 11) is 0. The van der Waals surface area contributed by atoms with Crippen LogP contribution in [0, 0.1) is 0 Å². The summed E-state index contributed by atoms with van der Waals surface area (Å²) < 4.78 is 0. The second kappa shape index (κ2) is 10.0. The van der Waals surface area contributed by atoms with Crippen LogP contribution >= 0.6 is 0 Å². The Hall–Kier alpha value is -2.19. The Kier molecular flexibility index (Phi) is 8.59. The van der Waals surface area contributed by atoms with Gasteiger partial charge in [-0.05, 0) is 40.7 Å². The molecule has 0 fully saturated rings. The van der Waals surface area contributed by atoms with E-state index in [1.165, 1.54) is 6.07 Å². The maximum atomic E-state index is 11.8. The molecule has 0 amide bonds. The van der Waals surface area contributed by atoms with Gasteiger partial charge in [-0.2, -0.15) is 0 Å². The first-order valence-corrected chi connectivity index (χ1v) is 9.35. The van der Waals surface area contributed by atoms with Crippen LogP contribution in [0.2, 0.25) is 0 Å². The third kappa shape index (κ3) is 6.97. The van der Waals surface area contributed by atoms with Crippen molar-refractivity contribution in [2.75, 3.05) is 0 Å². The van der Waals surface area contributed by atoms with Gasteiger partial charge in [0, 0.05) is 12.4 Å². The summed E-state index contributed by atoms with van der Waals surface area (Å²) in [5.41, 5.74) is 2.99. The predicted molar refractivity (Wildman–Crippen MR) is 110 cm³/mol. The van der Waals surface area contributed by atoms with E-state index in [1.807, 2.05) is 84.0 Å². The largest absolute Gasteiger partial charge is 2.00 e. The predicted octanol–water partition coefficient (Wildman–Crippen LogP) is 4.57. The van der Waals surface area contributed by atoms with E-state index in [2.05, 4.69) is 9.97 Å². The van der Waals surface area contributed by atoms with Crippen LogP contribution in [0.15, 0.2) is 60.9 Å². The van der Waals surface area contributed by atoms with E-state index in [9.17, 15) is 10.2 Å². The monoisotopic (exact) mass is 571 g/mol. The molecule has 0 aliphatic heterocycles. The molecule has 5 heteroatoms. The van der Waals surface area contributed by atoms with E-state index in [0.29, 0.717) is 5.56 Å². The fraction of sp³-hybridized carbons (Fsp3) is 0.333. The van der Waals surface area contributed by atoms with Crippen molar-refractivity contribution in [3.8, 4) is 22.9 Å². The van der Waals surface area contributed by atoms with Gasteiger partial charge in [0.15, 0.2) is 0 Å². The van der Waals surface area contributed by atoms with Crippen LogP contribution in [0.25, 0.3) is 11.4 Å². The van der Waals surface area contributed by atoms with E-state index in [0.717, 1.165) is 17.0 Å². The van der Waals surface area contributed by atoms with Gasteiger partial charge in [0.2, 0.25) is 0 Å². The van der Waals surface area contributed by atoms with Crippen LogP contribution in [-0.4, -0.2) is 9.97 Å². The Morgan fingerprint density at radius 3 is 1.52 bits per heavy atom. The average Bonchev–Trinajstić information content (AvgIpc) is 2.64. The minimum atomic E-state index is -0.391. The molecule has 0 aliphatic carbocycles. The van der Waals surface area contributed by atoms with E-state index < -0.39 is 5.75 Å². The van der Waals surface area contributed by atoms with E-state index >= 15 is 0 Å². The zero-order valence-electron chi connectivity index (χ0n) is 17.8. The summed E-state index contributed by atoms with van der Waals surface area (Å²) in [6, 6.07) is 14.9. The zero-order chi connectivity index (χ0) is 20.9. The van der Waals surface area contributed by atoms with Crippen LogP contribution in [0.4, 0.5) is 0 Å². The molecule has 0 saturated carbocycles. The van der Waals surface area contributed by atoms with E-state index in [1.54, 1.807) is 12.4 Å². The summed E-state index contributed by atoms with van der Waals surface area (Å²) in [6.45, 7) is 12.0. The summed E-state index contributed by atoms with van der Waals surface area (Å²) in [6.07, 6.45) is 3.54. The van der Waals surface area contributed by atoms with Crippen molar-refractivity contribution in [1.82, 2.24) is 9.97 Å². The Balaban J connectivity index is 0.000000289. The standard InChI is InChI=1S/C14H22O2.C10H8N2.Pt/c1-13(2,3)9-7-10(14(4,5)6)12(16)11(15)8-9;1-3-7-11-9(5-1)10-6-2-4-8-12-10;/h7-8,15-16H,1-6H3;1-8H;/q;;+2/p-2. The number of rotatable bonds is 1. The maximum absolute atomic E-state index is 11.8. The van der Waals surface area contributed by atoms with E-state index in [-0.39, 0.29) is 37.6 Å². The van der Waals surface area contributed by atoms with Crippen LogP contribution in [0.5, 0.6) is 11.5 Å². The Morgan fingerprint density at radius 2 is 1.17 bits per heavy atom. The second-order valence-electron chi connectivity index (χ2n) is 8.78. The quantitative estimate of drug-likeness (QED) is 0.429. The minimum absolute atomic E-state index is 0. The number of aromatic nitrogens is 2. The molecule has 0 N–H and O–H groups in total. The molecule has 4 nitrogen and oxygen atoms in total. The molecule has 0 unspecified atom stereocenters. The molecule has 0 radical (unpaired) electrons. The van der Waals surface area contributed by atoms with E-state index in [4.69, 9.17) is 0 Å². The number of nitrogens with zero attached hydrogens (tertiary/aromatic N) is 2. The van der Waals surface area contributed by atoms with Crippen molar-refractivity contribution >= 4 is 0 Å². The summed E-state index contributed by atoms with van der Waals surface area (Å²) in [4.78, 5) is 8.37. The molecule has 0 saturated heterocycles. The number of hydrogen-bond acceptors (Lipinski definition) is 4. The first-order chi connectivity index (χ1) is 13.0. The summed E-state index contributed by atoms with van der Waals surface area (Å²) in [5, 5.41) is 23.4. The molecular weight excluding hydrogens is 543 g/mol. The third-order valence-electron chi connectivity index (χ3n) is 4.32. The van der Waals surface area contributed by atoms with Gasteiger partial charge in [0.25, 0.3) is 0 Å². The van der Waals surface area contributed by atoms with Crippen molar-refractivity contribution in [1.29, 1.82) is 0 Å². The van der Waals surface area contributed by atoms with Gasteiger partial charge in [0.1, 0.15) is 0 Å². The molecule has 3 aromatic rings. The van der Waals surface area contributed by atoms with Crippen molar-refractivity contribution in [2.45, 2.75) is 52.4 Å². The topological polar surface area (TPSA) is 71.9 Å². The molecule has 2 aromatic heterocycles. The first kappa shape index (κ1) is 24.8. The number of benzene rings is 1. The average molecular weight is 572 g/mol. The Morgan fingerprint density at radius 1 is 0.690 bits per heavy atom. The normalized spacial score (nSPS) is 11.1. The molecule has 3 rings (SSSR count). The molecule has 0 spiro atoms. The smallest absolute Gasteiger partial charge is 0.873 e. The molecule has 1 aromatic carbocycles. The van der Waals surface area contributed by atoms with Gasteiger partial charge in [-0.15, -0.1) is 11.5 Å². The fourth-order valence-corrected chi connectivity index (χ4v) is 2.62. The molecule has 0 bridgehead atoms. The van der Waals surface area contributed by atoms with Gasteiger partial charge in [0.05, 0.1) is 11.4 Å². The number of pyridine rings is 2. The van der Waals surface area contributed by atoms with Gasteiger partial charge in [-0.1, -0.05) is 71.4 Å². The second-order valence-corrected chi connectivity index (χ2v) is 8.78. The van der Waals surface area contributed by atoms with Crippen LogP contribution in [0.3, 0.4) is 0 Å². The minimum Gasteiger partial charge on any atom is -0.873 e. The number of hydrogen-bond donors (Lipinski definition) is 0.